The maximum absolute atomic E-state index is 12.6. The molecule has 1 amide bonds. The van der Waals surface area contributed by atoms with Gasteiger partial charge in [0.25, 0.3) is 0 Å². The molecule has 10 heteroatoms. The summed E-state index contributed by atoms with van der Waals surface area (Å²) in [6, 6.07) is 3.72. The third kappa shape index (κ3) is 7.85. The van der Waals surface area contributed by atoms with Gasteiger partial charge < -0.3 is 22.1 Å². The molecule has 33 heavy (non-hydrogen) atoms. The molecule has 0 atom stereocenters. The van der Waals surface area contributed by atoms with E-state index in [4.69, 9.17) is 9.84 Å². The molecule has 0 spiro atoms. The molecular formula is C23H27N5O3SU. The van der Waals surface area contributed by atoms with Crippen LogP contribution in [0.5, 0.6) is 5.75 Å². The fraction of sp³-hybridized carbons (Fsp3) is 0.391. The zero-order valence-corrected chi connectivity index (χ0v) is 23.9. The van der Waals surface area contributed by atoms with Crippen LogP contribution in [0.4, 0.5) is 5.13 Å². The first-order chi connectivity index (χ1) is 15.4. The topological polar surface area (TPSA) is 110 Å². The summed E-state index contributed by atoms with van der Waals surface area (Å²) in [6.45, 7) is 7.67. The maximum atomic E-state index is 12.6. The number of aryl methyl sites for hydroxylation is 2. The quantitative estimate of drug-likeness (QED) is 0.398. The van der Waals surface area contributed by atoms with Crippen molar-refractivity contribution in [3.63, 3.8) is 0 Å². The molecule has 1 aliphatic rings. The predicted molar refractivity (Wildman–Crippen MR) is 124 cm³/mol. The Morgan fingerprint density at radius 1 is 1.15 bits per heavy atom. The number of rotatable bonds is 4. The summed E-state index contributed by atoms with van der Waals surface area (Å²) < 4.78 is 5.40. The van der Waals surface area contributed by atoms with Crippen LogP contribution < -0.4 is 10.1 Å². The Morgan fingerprint density at radius 3 is 2.36 bits per heavy atom. The summed E-state index contributed by atoms with van der Waals surface area (Å²) in [4.78, 5) is 21.1. The number of hydrogen-bond acceptors (Lipinski definition) is 8. The van der Waals surface area contributed by atoms with Gasteiger partial charge in [0.1, 0.15) is 5.75 Å². The van der Waals surface area contributed by atoms with Crippen LogP contribution >= 0.6 is 11.3 Å². The van der Waals surface area contributed by atoms with Gasteiger partial charge in [0.05, 0.1) is 30.1 Å². The number of aromatic nitrogens is 4. The van der Waals surface area contributed by atoms with Crippen molar-refractivity contribution in [3.8, 4) is 16.9 Å². The molecule has 3 aromatic rings. The molecule has 0 unspecified atom stereocenters. The number of aliphatic hydroxyl groups is 1. The summed E-state index contributed by atoms with van der Waals surface area (Å²) in [5, 5.41) is 19.4. The van der Waals surface area contributed by atoms with Crippen molar-refractivity contribution in [1.29, 1.82) is 0 Å². The molecule has 1 aliphatic carbocycles. The number of pyridine rings is 2. The Hall–Kier alpha value is -1.86. The average Bonchev–Trinajstić information content (AvgIpc) is 3.29. The largest absolute Gasteiger partial charge is 2.00 e. The average molecular weight is 692 g/mol. The Morgan fingerprint density at radius 2 is 1.79 bits per heavy atom. The molecule has 0 aromatic carbocycles. The van der Waals surface area contributed by atoms with Gasteiger partial charge in [-0.2, -0.15) is 5.92 Å². The number of methoxy groups -OCH3 is 1. The number of nitrogens with one attached hydrogen (secondary N) is 1. The van der Waals surface area contributed by atoms with E-state index in [-0.39, 0.29) is 43.1 Å². The van der Waals surface area contributed by atoms with Crippen molar-refractivity contribution in [2.45, 2.75) is 45.6 Å². The number of ether oxygens (including phenoxy) is 1. The molecule has 4 rings (SSSR count). The zero-order valence-electron chi connectivity index (χ0n) is 19.0. The van der Waals surface area contributed by atoms with Crippen LogP contribution in [0, 0.1) is 63.3 Å². The molecule has 0 aliphatic heterocycles. The van der Waals surface area contributed by atoms with E-state index in [1.807, 2.05) is 26.0 Å². The number of hydrogen-bond donors (Lipinski definition) is 2. The van der Waals surface area contributed by atoms with Gasteiger partial charge in [-0.25, -0.2) is 5.10 Å². The second kappa shape index (κ2) is 13.1. The summed E-state index contributed by atoms with van der Waals surface area (Å²) in [6.07, 6.45) is 7.32. The fourth-order valence-electron chi connectivity index (χ4n) is 3.39. The Labute approximate surface area is 222 Å². The Balaban J connectivity index is 0.000000364. The van der Waals surface area contributed by atoms with Crippen molar-refractivity contribution in [1.82, 2.24) is 20.2 Å². The molecule has 1 saturated carbocycles. The number of carbonyl (C=O) groups is 1. The van der Waals surface area contributed by atoms with E-state index in [0.29, 0.717) is 22.4 Å². The van der Waals surface area contributed by atoms with Gasteiger partial charge in [0.15, 0.2) is 0 Å². The number of aliphatic hydroxyl groups excluding tert-OH is 1. The van der Waals surface area contributed by atoms with Crippen LogP contribution in [-0.2, 0) is 0 Å². The van der Waals surface area contributed by atoms with Gasteiger partial charge in [-0.3, -0.25) is 31.2 Å². The van der Waals surface area contributed by atoms with Crippen LogP contribution in [0.2, 0.25) is 0 Å². The first kappa shape index (κ1) is 27.4. The van der Waals surface area contributed by atoms with E-state index in [0.717, 1.165) is 59.5 Å². The smallest absolute Gasteiger partial charge is 0.494 e. The Kier molecular flexibility index (Phi) is 10.9. The second-order valence-corrected chi connectivity index (χ2v) is 8.50. The van der Waals surface area contributed by atoms with Crippen molar-refractivity contribution in [2.75, 3.05) is 12.4 Å². The van der Waals surface area contributed by atoms with Crippen molar-refractivity contribution >= 4 is 22.4 Å². The molecule has 1 fully saturated rings. The summed E-state index contributed by atoms with van der Waals surface area (Å²) in [5.74, 6) is 0.877. The molecule has 0 bridgehead atoms. The number of anilines is 1. The summed E-state index contributed by atoms with van der Waals surface area (Å²) >= 11 is 1.13. The third-order valence-corrected chi connectivity index (χ3v) is 5.71. The molecular weight excluding hydrogens is 664 g/mol. The normalized spacial score (nSPS) is 17.2. The maximum Gasteiger partial charge on any atom is 2.00 e. The van der Waals surface area contributed by atoms with E-state index in [2.05, 4.69) is 37.9 Å². The summed E-state index contributed by atoms with van der Waals surface area (Å²) in [5.41, 5.74) is 6.12. The van der Waals surface area contributed by atoms with Crippen LogP contribution in [0.15, 0.2) is 24.5 Å². The van der Waals surface area contributed by atoms with E-state index in [9.17, 15) is 4.79 Å². The molecule has 0 radical (unpaired) electrons. The SMILES string of the molecule is COc1cnc(C)cc1-c1cc(C)ncc1C(=O)Nc1nn[c-]s1.[CH2-]C1CCC(O)CC1.[U+2]. The van der Waals surface area contributed by atoms with Crippen molar-refractivity contribution in [2.24, 2.45) is 5.92 Å². The number of nitrogens with zero attached hydrogens (tertiary/aromatic N) is 4. The van der Waals surface area contributed by atoms with Crippen molar-refractivity contribution < 1.29 is 45.8 Å². The first-order valence-corrected chi connectivity index (χ1v) is 11.2. The summed E-state index contributed by atoms with van der Waals surface area (Å²) in [7, 11) is 1.57. The van der Waals surface area contributed by atoms with Gasteiger partial charge in [0.2, 0.25) is 5.91 Å². The first-order valence-electron chi connectivity index (χ1n) is 10.4. The number of carbonyl (C=O) groups excluding carboxylic acids is 1. The monoisotopic (exact) mass is 691 g/mol. The van der Waals surface area contributed by atoms with E-state index >= 15 is 0 Å². The van der Waals surface area contributed by atoms with Crippen LogP contribution in [0.25, 0.3) is 11.1 Å². The van der Waals surface area contributed by atoms with Gasteiger partial charge in [-0.05, 0) is 38.8 Å². The van der Waals surface area contributed by atoms with Crippen molar-refractivity contribution in [3.05, 3.63) is 53.9 Å². The molecule has 3 aromatic heterocycles. The zero-order chi connectivity index (χ0) is 23.1. The minimum atomic E-state index is -0.320. The van der Waals surface area contributed by atoms with E-state index < -0.39 is 0 Å². The Bertz CT molecular complexity index is 1030. The van der Waals surface area contributed by atoms with Crippen LogP contribution in [0.1, 0.15) is 47.4 Å². The van der Waals surface area contributed by atoms with Gasteiger partial charge in [-0.15, -0.1) is 0 Å². The van der Waals surface area contributed by atoms with Gasteiger partial charge >= 0.3 is 31.1 Å². The number of amides is 1. The molecule has 2 N–H and O–H groups in total. The van der Waals surface area contributed by atoms with Crippen LogP contribution in [-0.4, -0.2) is 44.4 Å². The molecule has 3 heterocycles. The minimum absolute atomic E-state index is 0. The second-order valence-electron chi connectivity index (χ2n) is 7.72. The van der Waals surface area contributed by atoms with Crippen LogP contribution in [0.3, 0.4) is 0 Å². The van der Waals surface area contributed by atoms with E-state index in [1.165, 1.54) is 0 Å². The predicted octanol–water partition coefficient (Wildman–Crippen LogP) is 4.04. The third-order valence-electron chi connectivity index (χ3n) is 5.16. The fourth-order valence-corrected chi connectivity index (χ4v) is 3.79. The minimum Gasteiger partial charge on any atom is -0.494 e. The molecule has 8 nitrogen and oxygen atoms in total. The van der Waals surface area contributed by atoms with E-state index in [1.54, 1.807) is 19.5 Å². The van der Waals surface area contributed by atoms with Gasteiger partial charge in [-0.1, -0.05) is 18.4 Å². The molecule has 172 valence electrons. The molecule has 0 saturated heterocycles. The van der Waals surface area contributed by atoms with Gasteiger partial charge in [0, 0.05) is 28.7 Å². The standard InChI is InChI=1S/C16H14N5O2S.C7H13O.U/c1-9-4-11(12-5-10(2)18-7-14(12)23-3)13(6-17-9)15(22)20-16-21-19-8-24-16;1-6-2-4-7(8)5-3-6;/h4-7H,1-3H3,(H,20,21,22);6-8H,1-5H2;/q2*-1;+2.